The summed E-state index contributed by atoms with van der Waals surface area (Å²) in [6.45, 7) is 8.03. The van der Waals surface area contributed by atoms with Gasteiger partial charge in [0.2, 0.25) is 11.8 Å². The van der Waals surface area contributed by atoms with E-state index in [1.807, 2.05) is 16.7 Å². The number of nitrogens with one attached hydrogen (secondary N) is 1. The second-order valence-electron chi connectivity index (χ2n) is 6.07. The molecule has 0 aliphatic carbocycles. The Morgan fingerprint density at radius 1 is 1.19 bits per heavy atom. The average Bonchev–Trinajstić information content (AvgIpc) is 2.47. The molecule has 0 spiro atoms. The zero-order valence-electron chi connectivity index (χ0n) is 13.1. The third-order valence-electron chi connectivity index (χ3n) is 4.27. The zero-order valence-corrected chi connectivity index (χ0v) is 14.0. The number of likely N-dealkylation sites (tertiary alicyclic amines) is 1. The number of halogens is 1. The summed E-state index contributed by atoms with van der Waals surface area (Å²) >= 11 is 0. The molecule has 2 rings (SSSR count). The quantitative estimate of drug-likeness (QED) is 0.853. The highest BCUT2D eigenvalue weighted by Gasteiger charge is 2.32. The van der Waals surface area contributed by atoms with Gasteiger partial charge >= 0.3 is 0 Å². The van der Waals surface area contributed by atoms with Gasteiger partial charge in [-0.05, 0) is 26.2 Å². The van der Waals surface area contributed by atoms with Crippen molar-refractivity contribution < 1.29 is 9.59 Å². The normalized spacial score (nSPS) is 26.2. The summed E-state index contributed by atoms with van der Waals surface area (Å²) < 4.78 is 0. The SMILES string of the molecule is CCCC(=O)N1CCCC(C(=O)N2CCNC(C)C2)C1.Cl. The minimum Gasteiger partial charge on any atom is -0.342 e. The van der Waals surface area contributed by atoms with Crippen molar-refractivity contribution in [3.05, 3.63) is 0 Å². The Kier molecular flexibility index (Phi) is 7.46. The molecule has 2 saturated heterocycles. The number of carbonyl (C=O) groups is 2. The van der Waals surface area contributed by atoms with Gasteiger partial charge in [0.15, 0.2) is 0 Å². The van der Waals surface area contributed by atoms with Crippen LogP contribution < -0.4 is 5.32 Å². The molecule has 0 aromatic rings. The fourth-order valence-corrected chi connectivity index (χ4v) is 3.17. The van der Waals surface area contributed by atoms with E-state index in [2.05, 4.69) is 12.2 Å². The monoisotopic (exact) mass is 317 g/mol. The lowest BCUT2D eigenvalue weighted by atomic mass is 9.95. The Labute approximate surface area is 133 Å². The van der Waals surface area contributed by atoms with Gasteiger partial charge in [-0.3, -0.25) is 9.59 Å². The highest BCUT2D eigenvalue weighted by Crippen LogP contribution is 2.20. The topological polar surface area (TPSA) is 52.7 Å². The first-order chi connectivity index (χ1) is 9.61. The molecule has 2 fully saturated rings. The van der Waals surface area contributed by atoms with E-state index in [1.165, 1.54) is 0 Å². The van der Waals surface area contributed by atoms with Gasteiger partial charge < -0.3 is 15.1 Å². The van der Waals surface area contributed by atoms with E-state index in [9.17, 15) is 9.59 Å². The summed E-state index contributed by atoms with van der Waals surface area (Å²) in [5, 5.41) is 3.36. The van der Waals surface area contributed by atoms with Gasteiger partial charge in [-0.2, -0.15) is 0 Å². The third kappa shape index (κ3) is 4.85. The number of piperidine rings is 1. The first-order valence-corrected chi connectivity index (χ1v) is 7.91. The molecule has 2 atom stereocenters. The number of amides is 2. The summed E-state index contributed by atoms with van der Waals surface area (Å²) in [5.74, 6) is 0.459. The van der Waals surface area contributed by atoms with Gasteiger partial charge in [-0.25, -0.2) is 0 Å². The van der Waals surface area contributed by atoms with Gasteiger partial charge in [-0.15, -0.1) is 12.4 Å². The van der Waals surface area contributed by atoms with Crippen LogP contribution in [-0.4, -0.2) is 60.4 Å². The van der Waals surface area contributed by atoms with E-state index in [-0.39, 0.29) is 30.1 Å². The standard InChI is InChI=1S/C15H27N3O2.ClH/c1-3-5-14(19)17-8-4-6-13(11-17)15(20)18-9-7-16-12(2)10-18;/h12-13,16H,3-11H2,1-2H3;1H. The van der Waals surface area contributed by atoms with Gasteiger partial charge in [0.25, 0.3) is 0 Å². The number of hydrogen-bond acceptors (Lipinski definition) is 3. The van der Waals surface area contributed by atoms with Crippen LogP contribution in [0.1, 0.15) is 39.5 Å². The Balaban J connectivity index is 0.00000220. The average molecular weight is 318 g/mol. The fourth-order valence-electron chi connectivity index (χ4n) is 3.17. The number of rotatable bonds is 3. The van der Waals surface area contributed by atoms with Crippen molar-refractivity contribution in [3.63, 3.8) is 0 Å². The highest BCUT2D eigenvalue weighted by molar-refractivity contribution is 5.85. The second-order valence-corrected chi connectivity index (χ2v) is 6.07. The molecule has 21 heavy (non-hydrogen) atoms. The lowest BCUT2D eigenvalue weighted by molar-refractivity contribution is -0.141. The van der Waals surface area contributed by atoms with Crippen LogP contribution in [0.15, 0.2) is 0 Å². The molecule has 0 radical (unpaired) electrons. The van der Waals surface area contributed by atoms with Crippen LogP contribution in [0.5, 0.6) is 0 Å². The summed E-state index contributed by atoms with van der Waals surface area (Å²) in [7, 11) is 0. The smallest absolute Gasteiger partial charge is 0.227 e. The minimum atomic E-state index is 0. The van der Waals surface area contributed by atoms with E-state index in [0.717, 1.165) is 45.4 Å². The highest BCUT2D eigenvalue weighted by atomic mass is 35.5. The summed E-state index contributed by atoms with van der Waals surface area (Å²) in [5.41, 5.74) is 0. The predicted octanol–water partition coefficient (Wildman–Crippen LogP) is 1.27. The van der Waals surface area contributed by atoms with Gasteiger partial charge in [-0.1, -0.05) is 6.92 Å². The second kappa shape index (κ2) is 8.59. The van der Waals surface area contributed by atoms with Crippen molar-refractivity contribution in [3.8, 4) is 0 Å². The van der Waals surface area contributed by atoms with Gasteiger partial charge in [0.05, 0.1) is 5.92 Å². The molecule has 1 N–H and O–H groups in total. The predicted molar refractivity (Wildman–Crippen MR) is 85.5 cm³/mol. The molecule has 5 nitrogen and oxygen atoms in total. The Hall–Kier alpha value is -0.810. The van der Waals surface area contributed by atoms with Crippen LogP contribution in [-0.2, 0) is 9.59 Å². The largest absolute Gasteiger partial charge is 0.342 e. The Bertz CT molecular complexity index is 365. The van der Waals surface area contributed by atoms with Crippen LogP contribution in [0.3, 0.4) is 0 Å². The lowest BCUT2D eigenvalue weighted by Gasteiger charge is -2.38. The van der Waals surface area contributed by atoms with E-state index < -0.39 is 0 Å². The minimum absolute atomic E-state index is 0. The van der Waals surface area contributed by atoms with Crippen molar-refractivity contribution >= 4 is 24.2 Å². The molecule has 2 heterocycles. The van der Waals surface area contributed by atoms with Crippen molar-refractivity contribution in [1.29, 1.82) is 0 Å². The van der Waals surface area contributed by atoms with Crippen LogP contribution in [0.4, 0.5) is 0 Å². The van der Waals surface area contributed by atoms with Gasteiger partial charge in [0.1, 0.15) is 0 Å². The van der Waals surface area contributed by atoms with Crippen molar-refractivity contribution in [1.82, 2.24) is 15.1 Å². The molecule has 2 unspecified atom stereocenters. The van der Waals surface area contributed by atoms with Crippen molar-refractivity contribution in [2.75, 3.05) is 32.7 Å². The molecular formula is C15H28ClN3O2. The summed E-state index contributed by atoms with van der Waals surface area (Å²) in [6, 6.07) is 0.370. The van der Waals surface area contributed by atoms with Crippen LogP contribution >= 0.6 is 12.4 Å². The number of piperazine rings is 1. The van der Waals surface area contributed by atoms with E-state index >= 15 is 0 Å². The maximum absolute atomic E-state index is 12.6. The van der Waals surface area contributed by atoms with E-state index in [4.69, 9.17) is 0 Å². The third-order valence-corrected chi connectivity index (χ3v) is 4.27. The first-order valence-electron chi connectivity index (χ1n) is 7.91. The fraction of sp³-hybridized carbons (Fsp3) is 0.867. The number of carbonyl (C=O) groups excluding carboxylic acids is 2. The van der Waals surface area contributed by atoms with Crippen molar-refractivity contribution in [2.24, 2.45) is 5.92 Å². The molecule has 0 aromatic carbocycles. The molecule has 2 amide bonds. The molecule has 0 bridgehead atoms. The van der Waals surface area contributed by atoms with E-state index in [0.29, 0.717) is 19.0 Å². The van der Waals surface area contributed by atoms with Crippen LogP contribution in [0.25, 0.3) is 0 Å². The van der Waals surface area contributed by atoms with Gasteiger partial charge in [0, 0.05) is 45.2 Å². The van der Waals surface area contributed by atoms with Crippen molar-refractivity contribution in [2.45, 2.75) is 45.6 Å². The Morgan fingerprint density at radius 2 is 1.95 bits per heavy atom. The molecular weight excluding hydrogens is 290 g/mol. The lowest BCUT2D eigenvalue weighted by Crippen LogP contribution is -2.54. The Morgan fingerprint density at radius 3 is 2.62 bits per heavy atom. The maximum atomic E-state index is 12.6. The maximum Gasteiger partial charge on any atom is 0.227 e. The first kappa shape index (κ1) is 18.2. The molecule has 6 heteroatoms. The van der Waals surface area contributed by atoms with Crippen LogP contribution in [0, 0.1) is 5.92 Å². The molecule has 122 valence electrons. The number of nitrogens with zero attached hydrogens (tertiary/aromatic N) is 2. The molecule has 0 saturated carbocycles. The number of hydrogen-bond donors (Lipinski definition) is 1. The molecule has 0 aromatic heterocycles. The summed E-state index contributed by atoms with van der Waals surface area (Å²) in [6.07, 6.45) is 3.36. The van der Waals surface area contributed by atoms with E-state index in [1.54, 1.807) is 0 Å². The molecule has 2 aliphatic rings. The van der Waals surface area contributed by atoms with Crippen LogP contribution in [0.2, 0.25) is 0 Å². The summed E-state index contributed by atoms with van der Waals surface area (Å²) in [4.78, 5) is 28.4. The zero-order chi connectivity index (χ0) is 14.5. The molecule has 2 aliphatic heterocycles.